The zero-order valence-electron chi connectivity index (χ0n) is 14.1. The van der Waals surface area contributed by atoms with E-state index in [1.54, 1.807) is 0 Å². The van der Waals surface area contributed by atoms with Crippen molar-refractivity contribution in [3.05, 3.63) is 35.4 Å². The average Bonchev–Trinajstić information content (AvgIpc) is 3.01. The predicted octanol–water partition coefficient (Wildman–Crippen LogP) is 2.62. The number of carbonyl (C=O) groups is 2. The summed E-state index contributed by atoms with van der Waals surface area (Å²) in [7, 11) is 0. The molecule has 0 bridgehead atoms. The van der Waals surface area contributed by atoms with Gasteiger partial charge in [0, 0.05) is 0 Å². The molecule has 1 aromatic carbocycles. The Kier molecular flexibility index (Phi) is 7.41. The molecule has 1 saturated heterocycles. The van der Waals surface area contributed by atoms with Crippen LogP contribution in [0.5, 0.6) is 0 Å². The molecule has 1 aliphatic rings. The summed E-state index contributed by atoms with van der Waals surface area (Å²) in [6, 6.07) is 8.34. The Morgan fingerprint density at radius 2 is 1.68 bits per heavy atom. The number of carbonyl (C=O) groups excluding carboxylic acids is 1. The summed E-state index contributed by atoms with van der Waals surface area (Å²) in [5.74, 6) is -2.26. The molecule has 1 heterocycles. The van der Waals surface area contributed by atoms with Gasteiger partial charge in [-0.1, -0.05) is 38.1 Å². The summed E-state index contributed by atoms with van der Waals surface area (Å²) in [6.45, 7) is 6.21. The lowest BCUT2D eigenvalue weighted by Crippen LogP contribution is -2.29. The largest absolute Gasteiger partial charge is 0.490 e. The van der Waals surface area contributed by atoms with Crippen LogP contribution in [0.4, 0.5) is 13.2 Å². The van der Waals surface area contributed by atoms with Gasteiger partial charge in [-0.05, 0) is 42.5 Å². The molecule has 2 unspecified atom stereocenters. The highest BCUT2D eigenvalue weighted by atomic mass is 19.4. The van der Waals surface area contributed by atoms with E-state index in [0.29, 0.717) is 11.8 Å². The maximum Gasteiger partial charge on any atom is 0.490 e. The van der Waals surface area contributed by atoms with Gasteiger partial charge >= 0.3 is 12.1 Å². The fraction of sp³-hybridized carbons (Fsp3) is 0.529. The number of rotatable bonds is 4. The predicted molar refractivity (Wildman–Crippen MR) is 87.1 cm³/mol. The number of benzene rings is 1. The highest BCUT2D eigenvalue weighted by molar-refractivity contribution is 5.82. The molecule has 8 heteroatoms. The van der Waals surface area contributed by atoms with Gasteiger partial charge in [0.25, 0.3) is 0 Å². The Balaban J connectivity index is 0.000000381. The molecule has 1 aliphatic heterocycles. The first kappa shape index (κ1) is 21.0. The van der Waals surface area contributed by atoms with Crippen LogP contribution in [0.2, 0.25) is 0 Å². The van der Waals surface area contributed by atoms with Crippen molar-refractivity contribution >= 4 is 11.9 Å². The fourth-order valence-corrected chi connectivity index (χ4v) is 2.72. The molecular formula is C17H23F3N2O3. The number of carboxylic acid groups (broad SMARTS) is 1. The summed E-state index contributed by atoms with van der Waals surface area (Å²) in [4.78, 5) is 20.6. The lowest BCUT2D eigenvalue weighted by molar-refractivity contribution is -0.192. The minimum atomic E-state index is -5.08. The first-order valence-electron chi connectivity index (χ1n) is 7.94. The number of hydrogen-bond donors (Lipinski definition) is 3. The Labute approximate surface area is 144 Å². The van der Waals surface area contributed by atoms with Gasteiger partial charge < -0.3 is 16.2 Å². The van der Waals surface area contributed by atoms with Crippen LogP contribution in [0.15, 0.2) is 24.3 Å². The van der Waals surface area contributed by atoms with Crippen LogP contribution < -0.4 is 11.1 Å². The van der Waals surface area contributed by atoms with Gasteiger partial charge in [-0.25, -0.2) is 4.79 Å². The van der Waals surface area contributed by atoms with Crippen molar-refractivity contribution < 1.29 is 27.9 Å². The highest BCUT2D eigenvalue weighted by Gasteiger charge is 2.38. The lowest BCUT2D eigenvalue weighted by Gasteiger charge is -2.20. The van der Waals surface area contributed by atoms with E-state index in [0.717, 1.165) is 25.1 Å². The number of nitrogens with two attached hydrogens (primary N) is 1. The zero-order chi connectivity index (χ0) is 19.2. The second-order valence-electron chi connectivity index (χ2n) is 6.26. The monoisotopic (exact) mass is 360 g/mol. The summed E-state index contributed by atoms with van der Waals surface area (Å²) >= 11 is 0. The first-order valence-corrected chi connectivity index (χ1v) is 7.94. The topological polar surface area (TPSA) is 92.4 Å². The standard InChI is InChI=1S/C15H22N2O.C2HF3O2/c1-10(2)11-3-5-12(6-4-11)14(15(16)18)13-7-8-17-9-13;3-2(4,5)1(6)7/h3-6,10,13-14,17H,7-9H2,1-2H3,(H2,16,18);(H,6,7). The third kappa shape index (κ3) is 6.38. The van der Waals surface area contributed by atoms with Crippen LogP contribution in [-0.2, 0) is 9.59 Å². The second-order valence-corrected chi connectivity index (χ2v) is 6.26. The van der Waals surface area contributed by atoms with Crippen LogP contribution in [0, 0.1) is 5.92 Å². The van der Waals surface area contributed by atoms with Crippen LogP contribution in [0.1, 0.15) is 43.2 Å². The molecule has 0 aliphatic carbocycles. The van der Waals surface area contributed by atoms with Crippen molar-refractivity contribution in [2.45, 2.75) is 38.3 Å². The third-order valence-corrected chi connectivity index (χ3v) is 4.08. The van der Waals surface area contributed by atoms with Crippen LogP contribution >= 0.6 is 0 Å². The molecular weight excluding hydrogens is 337 g/mol. The van der Waals surface area contributed by atoms with Gasteiger partial charge in [0.1, 0.15) is 0 Å². The van der Waals surface area contributed by atoms with Crippen LogP contribution in [0.25, 0.3) is 0 Å². The van der Waals surface area contributed by atoms with Gasteiger partial charge in [-0.2, -0.15) is 13.2 Å². The molecule has 2 atom stereocenters. The summed E-state index contributed by atoms with van der Waals surface area (Å²) in [5.41, 5.74) is 7.93. The van der Waals surface area contributed by atoms with Crippen LogP contribution in [-0.4, -0.2) is 36.2 Å². The van der Waals surface area contributed by atoms with Gasteiger partial charge in [-0.3, -0.25) is 4.79 Å². The quantitative estimate of drug-likeness (QED) is 0.770. The maximum atomic E-state index is 11.7. The summed E-state index contributed by atoms with van der Waals surface area (Å²) < 4.78 is 31.7. The summed E-state index contributed by atoms with van der Waals surface area (Å²) in [5, 5.41) is 10.4. The van der Waals surface area contributed by atoms with E-state index < -0.39 is 12.1 Å². The Bertz CT molecular complexity index is 580. The molecule has 4 N–H and O–H groups in total. The highest BCUT2D eigenvalue weighted by Crippen LogP contribution is 2.29. The van der Waals surface area contributed by atoms with Gasteiger partial charge in [-0.15, -0.1) is 0 Å². The number of alkyl halides is 3. The number of halogens is 3. The van der Waals surface area contributed by atoms with E-state index in [2.05, 4.69) is 43.4 Å². The van der Waals surface area contributed by atoms with E-state index >= 15 is 0 Å². The van der Waals surface area contributed by atoms with Crippen molar-refractivity contribution in [1.29, 1.82) is 0 Å². The summed E-state index contributed by atoms with van der Waals surface area (Å²) in [6.07, 6.45) is -4.06. The molecule has 0 aromatic heterocycles. The van der Waals surface area contributed by atoms with Crippen molar-refractivity contribution in [3.63, 3.8) is 0 Å². The Morgan fingerprint density at radius 3 is 2.00 bits per heavy atom. The molecule has 2 rings (SSSR count). The lowest BCUT2D eigenvalue weighted by atomic mass is 9.84. The molecule has 140 valence electrons. The maximum absolute atomic E-state index is 11.7. The minimum absolute atomic E-state index is 0.152. The first-order chi connectivity index (χ1) is 11.5. The molecule has 1 aromatic rings. The van der Waals surface area contributed by atoms with Crippen molar-refractivity contribution in [2.75, 3.05) is 13.1 Å². The molecule has 0 saturated carbocycles. The fourth-order valence-electron chi connectivity index (χ4n) is 2.72. The molecule has 25 heavy (non-hydrogen) atoms. The number of primary amides is 1. The van der Waals surface area contributed by atoms with E-state index in [9.17, 15) is 18.0 Å². The average molecular weight is 360 g/mol. The normalized spacial score (nSPS) is 18.4. The van der Waals surface area contributed by atoms with Crippen molar-refractivity contribution in [1.82, 2.24) is 5.32 Å². The van der Waals surface area contributed by atoms with E-state index in [1.807, 2.05) is 0 Å². The number of hydrogen-bond acceptors (Lipinski definition) is 3. The Hall–Kier alpha value is -2.09. The van der Waals surface area contributed by atoms with E-state index in [4.69, 9.17) is 15.6 Å². The van der Waals surface area contributed by atoms with E-state index in [1.165, 1.54) is 5.56 Å². The molecule has 5 nitrogen and oxygen atoms in total. The molecule has 0 spiro atoms. The van der Waals surface area contributed by atoms with Gasteiger partial charge in [0.05, 0.1) is 5.92 Å². The number of nitrogens with one attached hydrogen (secondary N) is 1. The van der Waals surface area contributed by atoms with E-state index in [-0.39, 0.29) is 11.8 Å². The molecule has 1 fully saturated rings. The number of carboxylic acids is 1. The second kappa shape index (κ2) is 8.84. The number of amides is 1. The Morgan fingerprint density at radius 1 is 1.20 bits per heavy atom. The van der Waals surface area contributed by atoms with Gasteiger partial charge in [0.15, 0.2) is 0 Å². The third-order valence-electron chi connectivity index (χ3n) is 4.08. The van der Waals surface area contributed by atoms with Crippen molar-refractivity contribution in [2.24, 2.45) is 11.7 Å². The minimum Gasteiger partial charge on any atom is -0.475 e. The molecule has 0 radical (unpaired) electrons. The van der Waals surface area contributed by atoms with Crippen LogP contribution in [0.3, 0.4) is 0 Å². The van der Waals surface area contributed by atoms with Gasteiger partial charge in [0.2, 0.25) is 5.91 Å². The number of aliphatic carboxylic acids is 1. The zero-order valence-corrected chi connectivity index (χ0v) is 14.1. The smallest absolute Gasteiger partial charge is 0.475 e. The SMILES string of the molecule is CC(C)c1ccc(C(C(N)=O)C2CCNC2)cc1.O=C(O)C(F)(F)F. The molecule has 1 amide bonds. The van der Waals surface area contributed by atoms with Crippen molar-refractivity contribution in [3.8, 4) is 0 Å².